The Labute approximate surface area is 159 Å². The number of benzene rings is 2. The van der Waals surface area contributed by atoms with Crippen molar-refractivity contribution in [2.75, 3.05) is 16.7 Å². The Morgan fingerprint density at radius 1 is 1.07 bits per heavy atom. The van der Waals surface area contributed by atoms with Gasteiger partial charge in [0.2, 0.25) is 20.0 Å². The number of hydrogen-bond donors (Lipinski definition) is 1. The minimum Gasteiger partial charge on any atom is -0.284 e. The van der Waals surface area contributed by atoms with Gasteiger partial charge in [0, 0.05) is 12.1 Å². The summed E-state index contributed by atoms with van der Waals surface area (Å²) in [6, 6.07) is 15.7. The molecule has 0 fully saturated rings. The van der Waals surface area contributed by atoms with E-state index in [2.05, 4.69) is 9.82 Å². The van der Waals surface area contributed by atoms with Crippen LogP contribution in [-0.2, 0) is 20.0 Å². The minimum atomic E-state index is -3.55. The number of anilines is 1. The Balaban J connectivity index is 1.95. The summed E-state index contributed by atoms with van der Waals surface area (Å²) in [7, 11) is -6.95. The highest BCUT2D eigenvalue weighted by atomic mass is 32.2. The Morgan fingerprint density at radius 2 is 1.78 bits per heavy atom. The SMILES string of the molecule is CCS(=O)(=O)Nc1cccc(C2=NN(S(C)(=O)=O)[C@@H](c3ccccc3)C2)c1. The van der Waals surface area contributed by atoms with E-state index in [9.17, 15) is 16.8 Å². The van der Waals surface area contributed by atoms with Gasteiger partial charge in [-0.25, -0.2) is 16.8 Å². The molecule has 0 amide bonds. The molecule has 2 aromatic rings. The van der Waals surface area contributed by atoms with Crippen molar-refractivity contribution in [2.24, 2.45) is 5.10 Å². The third-order valence-electron chi connectivity index (χ3n) is 4.25. The van der Waals surface area contributed by atoms with E-state index in [-0.39, 0.29) is 5.75 Å². The second-order valence-electron chi connectivity index (χ2n) is 6.30. The monoisotopic (exact) mass is 407 g/mol. The molecule has 0 aliphatic carbocycles. The molecule has 0 radical (unpaired) electrons. The van der Waals surface area contributed by atoms with E-state index >= 15 is 0 Å². The second kappa shape index (κ2) is 7.32. The van der Waals surface area contributed by atoms with Gasteiger partial charge in [-0.1, -0.05) is 42.5 Å². The number of rotatable bonds is 6. The van der Waals surface area contributed by atoms with Crippen LogP contribution in [0.15, 0.2) is 59.7 Å². The Morgan fingerprint density at radius 3 is 2.41 bits per heavy atom. The van der Waals surface area contributed by atoms with Crippen molar-refractivity contribution in [3.05, 3.63) is 65.7 Å². The van der Waals surface area contributed by atoms with Crippen LogP contribution < -0.4 is 4.72 Å². The smallest absolute Gasteiger partial charge is 0.247 e. The van der Waals surface area contributed by atoms with Crippen LogP contribution in [0, 0.1) is 0 Å². The van der Waals surface area contributed by atoms with Crippen molar-refractivity contribution in [3.8, 4) is 0 Å². The summed E-state index contributed by atoms with van der Waals surface area (Å²) in [5.41, 5.74) is 2.54. The maximum absolute atomic E-state index is 12.2. The molecular weight excluding hydrogens is 386 g/mol. The molecule has 1 atom stereocenters. The van der Waals surface area contributed by atoms with Gasteiger partial charge in [-0.3, -0.25) is 4.72 Å². The first kappa shape index (κ1) is 19.4. The van der Waals surface area contributed by atoms with Crippen LogP contribution in [0.1, 0.15) is 30.5 Å². The first-order chi connectivity index (χ1) is 12.7. The highest BCUT2D eigenvalue weighted by Crippen LogP contribution is 2.34. The van der Waals surface area contributed by atoms with Crippen molar-refractivity contribution in [2.45, 2.75) is 19.4 Å². The summed E-state index contributed by atoms with van der Waals surface area (Å²) in [6.07, 6.45) is 1.53. The molecule has 1 N–H and O–H groups in total. The number of hydrogen-bond acceptors (Lipinski definition) is 5. The van der Waals surface area contributed by atoms with Crippen molar-refractivity contribution >= 4 is 31.4 Å². The van der Waals surface area contributed by atoms with Crippen LogP contribution in [0.5, 0.6) is 0 Å². The van der Waals surface area contributed by atoms with Crippen molar-refractivity contribution in [1.82, 2.24) is 4.41 Å². The summed E-state index contributed by atoms with van der Waals surface area (Å²) >= 11 is 0. The van der Waals surface area contributed by atoms with Gasteiger partial charge in [0.15, 0.2) is 0 Å². The molecule has 0 saturated heterocycles. The minimum absolute atomic E-state index is 0.0316. The molecule has 27 heavy (non-hydrogen) atoms. The summed E-state index contributed by atoms with van der Waals surface area (Å²) in [4.78, 5) is 0. The molecule has 0 spiro atoms. The molecule has 2 aromatic carbocycles. The molecule has 9 heteroatoms. The lowest BCUT2D eigenvalue weighted by atomic mass is 9.99. The van der Waals surface area contributed by atoms with Gasteiger partial charge in [0.1, 0.15) is 0 Å². The zero-order valence-corrected chi connectivity index (χ0v) is 16.7. The van der Waals surface area contributed by atoms with E-state index in [0.717, 1.165) is 16.2 Å². The van der Waals surface area contributed by atoms with E-state index in [1.54, 1.807) is 31.2 Å². The molecule has 3 rings (SSSR count). The fourth-order valence-corrected chi connectivity index (χ4v) is 4.44. The third kappa shape index (κ3) is 4.48. The van der Waals surface area contributed by atoms with Gasteiger partial charge in [0.05, 0.1) is 23.8 Å². The maximum Gasteiger partial charge on any atom is 0.247 e. The summed E-state index contributed by atoms with van der Waals surface area (Å²) < 4.78 is 51.6. The normalized spacial score (nSPS) is 17.6. The molecule has 0 saturated carbocycles. The zero-order valence-electron chi connectivity index (χ0n) is 15.0. The van der Waals surface area contributed by atoms with Crippen LogP contribution >= 0.6 is 0 Å². The van der Waals surface area contributed by atoms with Gasteiger partial charge < -0.3 is 0 Å². The quantitative estimate of drug-likeness (QED) is 0.796. The molecule has 0 unspecified atom stereocenters. The van der Waals surface area contributed by atoms with Crippen LogP contribution in [-0.4, -0.2) is 39.0 Å². The Bertz CT molecular complexity index is 1060. The molecule has 1 heterocycles. The molecule has 0 aromatic heterocycles. The van der Waals surface area contributed by atoms with Gasteiger partial charge in [-0.15, -0.1) is 0 Å². The fraction of sp³-hybridized carbons (Fsp3) is 0.278. The molecular formula is C18H21N3O4S2. The number of nitrogens with one attached hydrogen (secondary N) is 1. The first-order valence-electron chi connectivity index (χ1n) is 8.42. The number of nitrogens with zero attached hydrogens (tertiary/aromatic N) is 2. The van der Waals surface area contributed by atoms with Gasteiger partial charge in [0.25, 0.3) is 0 Å². The lowest BCUT2D eigenvalue weighted by Crippen LogP contribution is -2.25. The van der Waals surface area contributed by atoms with E-state index in [1.165, 1.54) is 0 Å². The Hall–Kier alpha value is -2.39. The van der Waals surface area contributed by atoms with E-state index in [4.69, 9.17) is 0 Å². The summed E-state index contributed by atoms with van der Waals surface area (Å²) in [5.74, 6) is -0.0316. The van der Waals surface area contributed by atoms with Gasteiger partial charge in [-0.05, 0) is 30.2 Å². The average Bonchev–Trinajstić information content (AvgIpc) is 3.08. The van der Waals surface area contributed by atoms with Crippen LogP contribution in [0.3, 0.4) is 0 Å². The van der Waals surface area contributed by atoms with E-state index in [1.807, 2.05) is 30.3 Å². The molecule has 7 nitrogen and oxygen atoms in total. The Kier molecular flexibility index (Phi) is 5.25. The maximum atomic E-state index is 12.2. The van der Waals surface area contributed by atoms with Crippen LogP contribution in [0.25, 0.3) is 0 Å². The second-order valence-corrected chi connectivity index (χ2v) is 10.2. The fourth-order valence-electron chi connectivity index (χ4n) is 2.91. The van der Waals surface area contributed by atoms with Crippen molar-refractivity contribution < 1.29 is 16.8 Å². The van der Waals surface area contributed by atoms with Crippen LogP contribution in [0.4, 0.5) is 5.69 Å². The standard InChI is InChI=1S/C18H21N3O4S2/c1-3-27(24,25)20-16-11-7-10-15(12-16)17-13-18(14-8-5-4-6-9-14)21(19-17)26(2,22)23/h4-12,18,20H,3,13H2,1-2H3/t18-/m1/s1. The highest BCUT2D eigenvalue weighted by molar-refractivity contribution is 7.92. The highest BCUT2D eigenvalue weighted by Gasteiger charge is 2.34. The van der Waals surface area contributed by atoms with Crippen molar-refractivity contribution in [3.63, 3.8) is 0 Å². The lowest BCUT2D eigenvalue weighted by Gasteiger charge is -2.21. The van der Waals surface area contributed by atoms with Gasteiger partial charge >= 0.3 is 0 Å². The summed E-state index contributed by atoms with van der Waals surface area (Å²) in [5, 5.41) is 4.33. The van der Waals surface area contributed by atoms with Crippen molar-refractivity contribution in [1.29, 1.82) is 0 Å². The third-order valence-corrected chi connectivity index (χ3v) is 6.57. The van der Waals surface area contributed by atoms with Crippen LogP contribution in [0.2, 0.25) is 0 Å². The first-order valence-corrected chi connectivity index (χ1v) is 11.9. The summed E-state index contributed by atoms with van der Waals surface area (Å²) in [6.45, 7) is 1.56. The molecule has 1 aliphatic heterocycles. The van der Waals surface area contributed by atoms with E-state index < -0.39 is 26.1 Å². The average molecular weight is 408 g/mol. The topological polar surface area (TPSA) is 95.9 Å². The molecule has 0 bridgehead atoms. The largest absolute Gasteiger partial charge is 0.284 e. The lowest BCUT2D eigenvalue weighted by molar-refractivity contribution is 0.375. The zero-order chi connectivity index (χ0) is 19.7. The number of sulfonamides is 2. The molecule has 144 valence electrons. The predicted octanol–water partition coefficient (Wildman–Crippen LogP) is 2.56. The predicted molar refractivity (Wildman–Crippen MR) is 107 cm³/mol. The number of hydrazone groups is 1. The van der Waals surface area contributed by atoms with Gasteiger partial charge in [-0.2, -0.15) is 9.52 Å². The van der Waals surface area contributed by atoms with E-state index in [0.29, 0.717) is 23.4 Å². The molecule has 1 aliphatic rings.